The van der Waals surface area contributed by atoms with Crippen molar-refractivity contribution in [2.45, 2.75) is 65.2 Å². The molecule has 0 saturated carbocycles. The van der Waals surface area contributed by atoms with Gasteiger partial charge >= 0.3 is 0 Å². The van der Waals surface area contributed by atoms with E-state index in [0.29, 0.717) is 0 Å². The Labute approximate surface area is 78.8 Å². The second kappa shape index (κ2) is 9.09. The first kappa shape index (κ1) is 12.0. The summed E-state index contributed by atoms with van der Waals surface area (Å²) in [6.07, 6.45) is 10.9. The highest BCUT2D eigenvalue weighted by Crippen LogP contribution is 2.20. The lowest BCUT2D eigenvalue weighted by atomic mass is 9.92. The molecule has 12 heavy (non-hydrogen) atoms. The van der Waals surface area contributed by atoms with Gasteiger partial charge in [0.1, 0.15) is 0 Å². The van der Waals surface area contributed by atoms with Gasteiger partial charge in [-0.1, -0.05) is 72.1 Å². The maximum Gasteiger partial charge on any atom is -0.0414 e. The highest BCUT2D eigenvalue weighted by molar-refractivity contribution is 4.58. The fraction of sp³-hybridized carbons (Fsp3) is 0.917. The average Bonchev–Trinajstić information content (AvgIpc) is 2.06. The minimum Gasteiger partial charge on any atom is -0.0654 e. The second-order valence-electron chi connectivity index (χ2n) is 3.79. The topological polar surface area (TPSA) is 0 Å². The van der Waals surface area contributed by atoms with Crippen molar-refractivity contribution >= 4 is 0 Å². The molecule has 0 aliphatic rings. The fourth-order valence-corrected chi connectivity index (χ4v) is 1.86. The van der Waals surface area contributed by atoms with Gasteiger partial charge in [-0.15, -0.1) is 0 Å². The summed E-state index contributed by atoms with van der Waals surface area (Å²) in [7, 11) is 0. The van der Waals surface area contributed by atoms with E-state index >= 15 is 0 Å². The molecule has 0 heteroatoms. The molecule has 0 spiro atoms. The van der Waals surface area contributed by atoms with Crippen molar-refractivity contribution in [1.82, 2.24) is 0 Å². The smallest absolute Gasteiger partial charge is 0.0414 e. The molecule has 0 saturated heterocycles. The van der Waals surface area contributed by atoms with Crippen LogP contribution in [0.15, 0.2) is 0 Å². The summed E-state index contributed by atoms with van der Waals surface area (Å²) < 4.78 is 0. The predicted molar refractivity (Wildman–Crippen MR) is 57.1 cm³/mol. The standard InChI is InChI=1S/C12H25/c1-4-7-8-11-12(9-5-2)10-6-3/h12H,1,4-11H2,2-3H3. The van der Waals surface area contributed by atoms with Gasteiger partial charge in [-0.2, -0.15) is 0 Å². The van der Waals surface area contributed by atoms with Crippen molar-refractivity contribution in [3.63, 3.8) is 0 Å². The lowest BCUT2D eigenvalue weighted by Gasteiger charge is -2.14. The Morgan fingerprint density at radius 1 is 0.917 bits per heavy atom. The zero-order valence-corrected chi connectivity index (χ0v) is 8.94. The van der Waals surface area contributed by atoms with Crippen LogP contribution in [-0.4, -0.2) is 0 Å². The molecule has 0 rings (SSSR count). The Hall–Kier alpha value is 0. The third-order valence-corrected chi connectivity index (χ3v) is 2.51. The maximum absolute atomic E-state index is 3.87. The molecule has 73 valence electrons. The van der Waals surface area contributed by atoms with Gasteiger partial charge in [0.05, 0.1) is 0 Å². The highest BCUT2D eigenvalue weighted by atomic mass is 14.1. The van der Waals surface area contributed by atoms with Gasteiger partial charge in [0.2, 0.25) is 0 Å². The molecule has 0 amide bonds. The van der Waals surface area contributed by atoms with Crippen LogP contribution >= 0.6 is 0 Å². The summed E-state index contributed by atoms with van der Waals surface area (Å²) in [5.41, 5.74) is 0. The second-order valence-corrected chi connectivity index (χ2v) is 3.79. The summed E-state index contributed by atoms with van der Waals surface area (Å²) >= 11 is 0. The highest BCUT2D eigenvalue weighted by Gasteiger charge is 2.05. The summed E-state index contributed by atoms with van der Waals surface area (Å²) in [6, 6.07) is 0. The molecule has 0 aliphatic carbocycles. The molecule has 0 heterocycles. The monoisotopic (exact) mass is 169 g/mol. The molecule has 1 radical (unpaired) electrons. The third kappa shape index (κ3) is 6.69. The lowest BCUT2D eigenvalue weighted by molar-refractivity contribution is 0.395. The predicted octanol–water partition coefficient (Wildman–Crippen LogP) is 4.60. The van der Waals surface area contributed by atoms with E-state index < -0.39 is 0 Å². The van der Waals surface area contributed by atoms with E-state index in [-0.39, 0.29) is 0 Å². The quantitative estimate of drug-likeness (QED) is 0.466. The maximum atomic E-state index is 3.87. The van der Waals surface area contributed by atoms with Gasteiger partial charge in [-0.3, -0.25) is 0 Å². The lowest BCUT2D eigenvalue weighted by Crippen LogP contribution is -1.99. The number of unbranched alkanes of at least 4 members (excludes halogenated alkanes) is 2. The molecule has 0 atom stereocenters. The molecule has 0 aromatic carbocycles. The molecule has 0 nitrogen and oxygen atoms in total. The van der Waals surface area contributed by atoms with Crippen LogP contribution in [0.2, 0.25) is 0 Å². The van der Waals surface area contributed by atoms with Crippen LogP contribution in [0, 0.1) is 12.8 Å². The van der Waals surface area contributed by atoms with E-state index in [1.165, 1.54) is 44.9 Å². The molecular weight excluding hydrogens is 144 g/mol. The van der Waals surface area contributed by atoms with Crippen LogP contribution in [0.3, 0.4) is 0 Å². The Kier molecular flexibility index (Phi) is 9.09. The first-order valence-electron chi connectivity index (χ1n) is 5.64. The molecule has 0 fully saturated rings. The molecule has 0 unspecified atom stereocenters. The van der Waals surface area contributed by atoms with E-state index in [1.807, 2.05) is 0 Å². The molecular formula is C12H25. The minimum absolute atomic E-state index is 1.01. The van der Waals surface area contributed by atoms with Crippen LogP contribution in [0.5, 0.6) is 0 Å². The first-order valence-corrected chi connectivity index (χ1v) is 5.64. The fourth-order valence-electron chi connectivity index (χ4n) is 1.86. The summed E-state index contributed by atoms with van der Waals surface area (Å²) in [4.78, 5) is 0. The minimum atomic E-state index is 1.01. The van der Waals surface area contributed by atoms with Crippen molar-refractivity contribution in [1.29, 1.82) is 0 Å². The van der Waals surface area contributed by atoms with E-state index in [1.54, 1.807) is 0 Å². The van der Waals surface area contributed by atoms with Gasteiger partial charge in [-0.25, -0.2) is 0 Å². The normalized spacial score (nSPS) is 11.0. The molecule has 0 aromatic heterocycles. The van der Waals surface area contributed by atoms with Crippen molar-refractivity contribution in [3.05, 3.63) is 6.92 Å². The van der Waals surface area contributed by atoms with E-state index in [4.69, 9.17) is 0 Å². The Morgan fingerprint density at radius 2 is 1.50 bits per heavy atom. The third-order valence-electron chi connectivity index (χ3n) is 2.51. The van der Waals surface area contributed by atoms with Crippen molar-refractivity contribution < 1.29 is 0 Å². The number of hydrogen-bond acceptors (Lipinski definition) is 0. The molecule has 0 bridgehead atoms. The zero-order valence-electron chi connectivity index (χ0n) is 8.94. The van der Waals surface area contributed by atoms with E-state index in [2.05, 4.69) is 20.8 Å². The molecule has 0 aromatic rings. The van der Waals surface area contributed by atoms with Gasteiger partial charge in [0.25, 0.3) is 0 Å². The van der Waals surface area contributed by atoms with Crippen LogP contribution in [-0.2, 0) is 0 Å². The first-order chi connectivity index (χ1) is 5.85. The molecule has 0 aliphatic heterocycles. The Balaban J connectivity index is 3.34. The van der Waals surface area contributed by atoms with Crippen LogP contribution in [0.25, 0.3) is 0 Å². The average molecular weight is 169 g/mol. The largest absolute Gasteiger partial charge is 0.0654 e. The van der Waals surface area contributed by atoms with Crippen LogP contribution in [0.1, 0.15) is 65.2 Å². The zero-order chi connectivity index (χ0) is 9.23. The van der Waals surface area contributed by atoms with Crippen molar-refractivity contribution in [2.24, 2.45) is 5.92 Å². The molecule has 0 N–H and O–H groups in total. The Morgan fingerprint density at radius 3 is 1.92 bits per heavy atom. The van der Waals surface area contributed by atoms with E-state index in [0.717, 1.165) is 12.3 Å². The SMILES string of the molecule is [CH2]CCCCC(CCC)CCC. The number of hydrogen-bond donors (Lipinski definition) is 0. The number of rotatable bonds is 8. The summed E-state index contributed by atoms with van der Waals surface area (Å²) in [5.74, 6) is 1.01. The van der Waals surface area contributed by atoms with Gasteiger partial charge in [-0.05, 0) is 5.92 Å². The van der Waals surface area contributed by atoms with Gasteiger partial charge in [0.15, 0.2) is 0 Å². The van der Waals surface area contributed by atoms with Crippen LogP contribution in [0.4, 0.5) is 0 Å². The van der Waals surface area contributed by atoms with Crippen LogP contribution < -0.4 is 0 Å². The summed E-state index contributed by atoms with van der Waals surface area (Å²) in [6.45, 7) is 8.47. The summed E-state index contributed by atoms with van der Waals surface area (Å²) in [5, 5.41) is 0. The van der Waals surface area contributed by atoms with Crippen molar-refractivity contribution in [3.8, 4) is 0 Å². The van der Waals surface area contributed by atoms with Gasteiger partial charge < -0.3 is 0 Å². The van der Waals surface area contributed by atoms with Gasteiger partial charge in [0, 0.05) is 0 Å². The Bertz CT molecular complexity index is 70.1. The van der Waals surface area contributed by atoms with E-state index in [9.17, 15) is 0 Å². The van der Waals surface area contributed by atoms with Crippen molar-refractivity contribution in [2.75, 3.05) is 0 Å².